The van der Waals surface area contributed by atoms with Crippen molar-refractivity contribution >= 4 is 16.9 Å². The fourth-order valence-corrected chi connectivity index (χ4v) is 2.14. The number of aromatic amines is 1. The number of phenolic OH excluding ortho intramolecular Hbond substituents is 1. The Labute approximate surface area is 121 Å². The van der Waals surface area contributed by atoms with E-state index in [-0.39, 0.29) is 17.7 Å². The third-order valence-corrected chi connectivity index (χ3v) is 3.29. The van der Waals surface area contributed by atoms with Gasteiger partial charge >= 0.3 is 0 Å². The lowest BCUT2D eigenvalue weighted by atomic mass is 10.2. The molecule has 5 heteroatoms. The minimum atomic E-state index is -0.237. The van der Waals surface area contributed by atoms with Crippen LogP contribution in [-0.2, 0) is 0 Å². The van der Waals surface area contributed by atoms with Crippen LogP contribution in [0.1, 0.15) is 29.1 Å². The Balaban J connectivity index is 1.77. The van der Waals surface area contributed by atoms with Gasteiger partial charge in [-0.2, -0.15) is 0 Å². The molecule has 5 nitrogen and oxygen atoms in total. The molecule has 0 bridgehead atoms. The van der Waals surface area contributed by atoms with Crippen LogP contribution >= 0.6 is 0 Å². The lowest BCUT2D eigenvalue weighted by Crippen LogP contribution is -2.27. The Morgan fingerprint density at radius 2 is 1.90 bits per heavy atom. The Morgan fingerprint density at radius 3 is 2.62 bits per heavy atom. The molecule has 0 aliphatic rings. The van der Waals surface area contributed by atoms with Gasteiger partial charge in [0.25, 0.3) is 5.91 Å². The summed E-state index contributed by atoms with van der Waals surface area (Å²) in [7, 11) is 0. The van der Waals surface area contributed by atoms with E-state index >= 15 is 0 Å². The van der Waals surface area contributed by atoms with Crippen molar-refractivity contribution in [1.29, 1.82) is 0 Å². The van der Waals surface area contributed by atoms with Crippen molar-refractivity contribution in [3.63, 3.8) is 0 Å². The average Bonchev–Trinajstić information content (AvgIpc) is 2.92. The number of imidazole rings is 1. The summed E-state index contributed by atoms with van der Waals surface area (Å²) in [5.41, 5.74) is 2.31. The molecule has 0 saturated carbocycles. The van der Waals surface area contributed by atoms with Crippen molar-refractivity contribution in [1.82, 2.24) is 15.3 Å². The molecule has 0 spiro atoms. The van der Waals surface area contributed by atoms with Gasteiger partial charge in [0.15, 0.2) is 0 Å². The van der Waals surface area contributed by atoms with E-state index < -0.39 is 0 Å². The third-order valence-electron chi connectivity index (χ3n) is 3.29. The monoisotopic (exact) mass is 281 g/mol. The van der Waals surface area contributed by atoms with Gasteiger partial charge in [-0.3, -0.25) is 4.79 Å². The molecular formula is C16H15N3O2. The molecule has 1 atom stereocenters. The van der Waals surface area contributed by atoms with E-state index in [4.69, 9.17) is 0 Å². The number of aromatic hydroxyl groups is 1. The van der Waals surface area contributed by atoms with Gasteiger partial charge in [0.2, 0.25) is 0 Å². The van der Waals surface area contributed by atoms with E-state index in [2.05, 4.69) is 15.3 Å². The zero-order valence-corrected chi connectivity index (χ0v) is 11.5. The van der Waals surface area contributed by atoms with Gasteiger partial charge in [-0.1, -0.05) is 12.1 Å². The third kappa shape index (κ3) is 2.72. The minimum Gasteiger partial charge on any atom is -0.508 e. The molecular weight excluding hydrogens is 266 g/mol. The summed E-state index contributed by atoms with van der Waals surface area (Å²) in [5.74, 6) is 0.642. The van der Waals surface area contributed by atoms with E-state index in [0.717, 1.165) is 11.0 Å². The topological polar surface area (TPSA) is 78.0 Å². The maximum atomic E-state index is 12.1. The van der Waals surface area contributed by atoms with Crippen LogP contribution in [0.25, 0.3) is 11.0 Å². The van der Waals surface area contributed by atoms with Gasteiger partial charge < -0.3 is 15.4 Å². The highest BCUT2D eigenvalue weighted by Gasteiger charge is 2.14. The Hall–Kier alpha value is -2.82. The Kier molecular flexibility index (Phi) is 3.31. The Morgan fingerprint density at radius 1 is 1.19 bits per heavy atom. The number of benzene rings is 2. The van der Waals surface area contributed by atoms with Gasteiger partial charge in [0.1, 0.15) is 11.6 Å². The molecule has 3 N–H and O–H groups in total. The predicted molar refractivity (Wildman–Crippen MR) is 80.1 cm³/mol. The highest BCUT2D eigenvalue weighted by atomic mass is 16.3. The number of carbonyl (C=O) groups is 1. The van der Waals surface area contributed by atoms with E-state index in [1.54, 1.807) is 12.1 Å². The van der Waals surface area contributed by atoms with Crippen LogP contribution in [0, 0.1) is 0 Å². The largest absolute Gasteiger partial charge is 0.508 e. The van der Waals surface area contributed by atoms with Crippen LogP contribution in [0.4, 0.5) is 0 Å². The standard InChI is InChI=1S/C16H15N3O2/c1-10(15-18-13-4-2-3-5-14(13)19-15)17-16(21)11-6-8-12(20)9-7-11/h2-10,20H,1H3,(H,17,21)(H,18,19). The number of fused-ring (bicyclic) bond motifs is 1. The summed E-state index contributed by atoms with van der Waals surface area (Å²) >= 11 is 0. The fraction of sp³-hybridized carbons (Fsp3) is 0.125. The quantitative estimate of drug-likeness (QED) is 0.690. The summed E-state index contributed by atoms with van der Waals surface area (Å²) in [6, 6.07) is 13.6. The van der Waals surface area contributed by atoms with Crippen molar-refractivity contribution in [2.75, 3.05) is 0 Å². The van der Waals surface area contributed by atoms with Gasteiger partial charge in [-0.25, -0.2) is 4.98 Å². The molecule has 3 aromatic rings. The number of amides is 1. The molecule has 1 unspecified atom stereocenters. The molecule has 1 amide bonds. The number of aromatic nitrogens is 2. The second-order valence-corrected chi connectivity index (χ2v) is 4.88. The maximum absolute atomic E-state index is 12.1. The zero-order chi connectivity index (χ0) is 14.8. The highest BCUT2D eigenvalue weighted by molar-refractivity contribution is 5.94. The molecule has 2 aromatic carbocycles. The first-order valence-corrected chi connectivity index (χ1v) is 6.68. The molecule has 0 radical (unpaired) electrons. The minimum absolute atomic E-state index is 0.136. The summed E-state index contributed by atoms with van der Waals surface area (Å²) in [4.78, 5) is 19.8. The number of phenols is 1. The molecule has 0 fully saturated rings. The summed E-state index contributed by atoms with van der Waals surface area (Å²) in [6.45, 7) is 1.87. The van der Waals surface area contributed by atoms with Crippen LogP contribution in [0.3, 0.4) is 0 Å². The Bertz CT molecular complexity index is 745. The second-order valence-electron chi connectivity index (χ2n) is 4.88. The van der Waals surface area contributed by atoms with Crippen molar-refractivity contribution in [2.45, 2.75) is 13.0 Å². The van der Waals surface area contributed by atoms with Crippen molar-refractivity contribution in [3.05, 3.63) is 59.9 Å². The van der Waals surface area contributed by atoms with Gasteiger partial charge in [0.05, 0.1) is 17.1 Å². The lowest BCUT2D eigenvalue weighted by molar-refractivity contribution is 0.0938. The molecule has 106 valence electrons. The number of carbonyl (C=O) groups excluding carboxylic acids is 1. The number of H-pyrrole nitrogens is 1. The highest BCUT2D eigenvalue weighted by Crippen LogP contribution is 2.16. The second kappa shape index (κ2) is 5.28. The summed E-state index contributed by atoms with van der Waals surface area (Å²) in [5, 5.41) is 12.1. The summed E-state index contributed by atoms with van der Waals surface area (Å²) in [6.07, 6.45) is 0. The first-order chi connectivity index (χ1) is 10.1. The van der Waals surface area contributed by atoms with Crippen LogP contribution in [0.15, 0.2) is 48.5 Å². The smallest absolute Gasteiger partial charge is 0.251 e. The number of hydrogen-bond donors (Lipinski definition) is 3. The maximum Gasteiger partial charge on any atom is 0.251 e. The zero-order valence-electron chi connectivity index (χ0n) is 11.5. The molecule has 0 aliphatic carbocycles. The first-order valence-electron chi connectivity index (χ1n) is 6.68. The fourth-order valence-electron chi connectivity index (χ4n) is 2.14. The predicted octanol–water partition coefficient (Wildman–Crippen LogP) is 2.76. The van der Waals surface area contributed by atoms with E-state index in [9.17, 15) is 9.90 Å². The number of para-hydroxylation sites is 2. The average molecular weight is 281 g/mol. The molecule has 21 heavy (non-hydrogen) atoms. The SMILES string of the molecule is CC(NC(=O)c1ccc(O)cc1)c1nc2ccccc2[nH]1. The van der Waals surface area contributed by atoms with Crippen molar-refractivity contribution < 1.29 is 9.90 Å². The van der Waals surface area contributed by atoms with Gasteiger partial charge in [0, 0.05) is 5.56 Å². The van der Waals surface area contributed by atoms with Crippen LogP contribution in [-0.4, -0.2) is 21.0 Å². The van der Waals surface area contributed by atoms with Crippen LogP contribution in [0.2, 0.25) is 0 Å². The van der Waals surface area contributed by atoms with Crippen LogP contribution in [0.5, 0.6) is 5.75 Å². The first kappa shape index (κ1) is 13.2. The lowest BCUT2D eigenvalue weighted by Gasteiger charge is -2.11. The molecule has 1 aromatic heterocycles. The van der Waals surface area contributed by atoms with E-state index in [1.807, 2.05) is 31.2 Å². The summed E-state index contributed by atoms with van der Waals surface area (Å²) < 4.78 is 0. The number of nitrogens with zero attached hydrogens (tertiary/aromatic N) is 1. The normalized spacial score (nSPS) is 12.2. The van der Waals surface area contributed by atoms with Gasteiger partial charge in [-0.15, -0.1) is 0 Å². The van der Waals surface area contributed by atoms with E-state index in [0.29, 0.717) is 11.4 Å². The molecule has 0 aliphatic heterocycles. The molecule has 0 saturated heterocycles. The van der Waals surface area contributed by atoms with Crippen LogP contribution < -0.4 is 5.32 Å². The van der Waals surface area contributed by atoms with Gasteiger partial charge in [-0.05, 0) is 43.3 Å². The number of hydrogen-bond acceptors (Lipinski definition) is 3. The number of nitrogens with one attached hydrogen (secondary N) is 2. The number of rotatable bonds is 3. The van der Waals surface area contributed by atoms with Crippen molar-refractivity contribution in [3.8, 4) is 5.75 Å². The van der Waals surface area contributed by atoms with E-state index in [1.165, 1.54) is 12.1 Å². The molecule has 3 rings (SSSR count). The van der Waals surface area contributed by atoms with Crippen molar-refractivity contribution in [2.24, 2.45) is 0 Å². The molecule has 1 heterocycles.